The van der Waals surface area contributed by atoms with E-state index in [0.717, 1.165) is 6.42 Å². The Bertz CT molecular complexity index is 373. The number of amidine groups is 1. The second-order valence-corrected chi connectivity index (χ2v) is 7.29. The lowest BCUT2D eigenvalue weighted by molar-refractivity contribution is -0.138. The van der Waals surface area contributed by atoms with Crippen LogP contribution in [-0.4, -0.2) is 46.4 Å². The van der Waals surface area contributed by atoms with Gasteiger partial charge in [0.15, 0.2) is 0 Å². The zero-order valence-electron chi connectivity index (χ0n) is 13.9. The van der Waals surface area contributed by atoms with Gasteiger partial charge < -0.3 is 15.7 Å². The molecule has 0 radical (unpaired) electrons. The van der Waals surface area contributed by atoms with Crippen molar-refractivity contribution < 1.29 is 14.7 Å². The standard InChI is InChI=1S/C15H29N3O3S/c1-10(2)9-17-14(19)8-12(15(20)21)22-7-5-6-13(16)18-11(3)4/h10-12H,5-9H2,1-4H3,(H2,16,18)(H,17,19)(H,20,21). The molecule has 0 aliphatic heterocycles. The molecule has 1 atom stereocenters. The van der Waals surface area contributed by atoms with Gasteiger partial charge in [0, 0.05) is 25.4 Å². The minimum absolute atomic E-state index is 0.00555. The molecule has 7 heteroatoms. The van der Waals surface area contributed by atoms with Gasteiger partial charge in [-0.1, -0.05) is 13.8 Å². The van der Waals surface area contributed by atoms with Gasteiger partial charge in [-0.25, -0.2) is 0 Å². The third kappa shape index (κ3) is 11.4. The van der Waals surface area contributed by atoms with Gasteiger partial charge >= 0.3 is 5.97 Å². The van der Waals surface area contributed by atoms with E-state index in [1.807, 2.05) is 27.7 Å². The van der Waals surface area contributed by atoms with E-state index in [-0.39, 0.29) is 18.4 Å². The maximum absolute atomic E-state index is 11.7. The summed E-state index contributed by atoms with van der Waals surface area (Å²) in [6.45, 7) is 8.49. The molecule has 1 unspecified atom stereocenters. The summed E-state index contributed by atoms with van der Waals surface area (Å²) in [6.07, 6.45) is 1.31. The minimum Gasteiger partial charge on any atom is -0.480 e. The number of hydrogen-bond acceptors (Lipinski definition) is 4. The molecule has 0 aromatic carbocycles. The predicted molar refractivity (Wildman–Crippen MR) is 91.6 cm³/mol. The van der Waals surface area contributed by atoms with Gasteiger partial charge in [0.05, 0.1) is 5.84 Å². The van der Waals surface area contributed by atoms with E-state index >= 15 is 0 Å². The van der Waals surface area contributed by atoms with Gasteiger partial charge in [0.1, 0.15) is 5.25 Å². The SMILES string of the molecule is CC(C)CNC(=O)CC(SCCCC(=N)NC(C)C)C(=O)O. The van der Waals surface area contributed by atoms with Gasteiger partial charge in [0.2, 0.25) is 5.91 Å². The summed E-state index contributed by atoms with van der Waals surface area (Å²) in [4.78, 5) is 22.9. The molecule has 0 rings (SSSR count). The summed E-state index contributed by atoms with van der Waals surface area (Å²) in [5.74, 6) is 0.260. The summed E-state index contributed by atoms with van der Waals surface area (Å²) in [6, 6.07) is 0.233. The highest BCUT2D eigenvalue weighted by Crippen LogP contribution is 2.17. The first-order valence-corrected chi connectivity index (χ1v) is 8.72. The Morgan fingerprint density at radius 2 is 1.86 bits per heavy atom. The van der Waals surface area contributed by atoms with Crippen LogP contribution in [0.5, 0.6) is 0 Å². The highest BCUT2D eigenvalue weighted by atomic mass is 32.2. The van der Waals surface area contributed by atoms with Crippen LogP contribution in [0.4, 0.5) is 0 Å². The molecule has 0 bridgehead atoms. The van der Waals surface area contributed by atoms with Crippen LogP contribution in [0.25, 0.3) is 0 Å². The Morgan fingerprint density at radius 1 is 1.23 bits per heavy atom. The van der Waals surface area contributed by atoms with Crippen LogP contribution >= 0.6 is 11.8 Å². The Balaban J connectivity index is 4.02. The molecule has 1 amide bonds. The molecule has 0 spiro atoms. The maximum Gasteiger partial charge on any atom is 0.317 e. The molecular formula is C15H29N3O3S. The fourth-order valence-electron chi connectivity index (χ4n) is 1.67. The number of nitrogens with one attached hydrogen (secondary N) is 3. The molecule has 6 nitrogen and oxygen atoms in total. The van der Waals surface area contributed by atoms with Crippen molar-refractivity contribution in [3.63, 3.8) is 0 Å². The van der Waals surface area contributed by atoms with Crippen molar-refractivity contribution in [1.29, 1.82) is 5.41 Å². The number of hydrogen-bond donors (Lipinski definition) is 4. The van der Waals surface area contributed by atoms with Gasteiger partial charge in [-0.2, -0.15) is 0 Å². The third-order valence-electron chi connectivity index (χ3n) is 2.71. The molecule has 0 aromatic rings. The van der Waals surface area contributed by atoms with Crippen LogP contribution < -0.4 is 10.6 Å². The van der Waals surface area contributed by atoms with E-state index in [9.17, 15) is 14.7 Å². The summed E-state index contributed by atoms with van der Waals surface area (Å²) < 4.78 is 0. The lowest BCUT2D eigenvalue weighted by Gasteiger charge is -2.14. The number of thioether (sulfide) groups is 1. The van der Waals surface area contributed by atoms with Crippen molar-refractivity contribution in [1.82, 2.24) is 10.6 Å². The molecule has 0 aromatic heterocycles. The third-order valence-corrected chi connectivity index (χ3v) is 4.00. The molecule has 4 N–H and O–H groups in total. The summed E-state index contributed by atoms with van der Waals surface area (Å²) in [5.41, 5.74) is 0. The fraction of sp³-hybridized carbons (Fsp3) is 0.800. The van der Waals surface area contributed by atoms with Gasteiger partial charge in [-0.15, -0.1) is 11.8 Å². The Morgan fingerprint density at radius 3 is 2.36 bits per heavy atom. The Hall–Kier alpha value is -1.24. The lowest BCUT2D eigenvalue weighted by Crippen LogP contribution is -2.32. The van der Waals surface area contributed by atoms with E-state index in [0.29, 0.717) is 30.5 Å². The monoisotopic (exact) mass is 331 g/mol. The summed E-state index contributed by atoms with van der Waals surface area (Å²) in [5, 5.41) is 21.9. The predicted octanol–water partition coefficient (Wildman–Crippen LogP) is 2.09. The Labute approximate surface area is 137 Å². The van der Waals surface area contributed by atoms with Crippen LogP contribution in [0.15, 0.2) is 0 Å². The topological polar surface area (TPSA) is 102 Å². The number of rotatable bonds is 11. The van der Waals surface area contributed by atoms with Crippen molar-refractivity contribution >= 4 is 29.5 Å². The van der Waals surface area contributed by atoms with Crippen LogP contribution in [0.3, 0.4) is 0 Å². The van der Waals surface area contributed by atoms with Crippen molar-refractivity contribution in [2.45, 2.75) is 58.2 Å². The van der Waals surface area contributed by atoms with Crippen molar-refractivity contribution in [3.05, 3.63) is 0 Å². The Kier molecular flexibility index (Phi) is 10.7. The first-order chi connectivity index (χ1) is 10.2. The number of aliphatic carboxylic acids is 1. The zero-order valence-corrected chi connectivity index (χ0v) is 14.8. The maximum atomic E-state index is 11.7. The number of carbonyl (C=O) groups excluding carboxylic acids is 1. The van der Waals surface area contributed by atoms with E-state index in [1.54, 1.807) is 0 Å². The first-order valence-electron chi connectivity index (χ1n) is 7.67. The van der Waals surface area contributed by atoms with E-state index in [4.69, 9.17) is 5.41 Å². The zero-order chi connectivity index (χ0) is 17.1. The second-order valence-electron chi connectivity index (χ2n) is 5.98. The minimum atomic E-state index is -0.958. The molecule has 22 heavy (non-hydrogen) atoms. The summed E-state index contributed by atoms with van der Waals surface area (Å²) in [7, 11) is 0. The van der Waals surface area contributed by atoms with Gasteiger partial charge in [0.25, 0.3) is 0 Å². The summed E-state index contributed by atoms with van der Waals surface area (Å²) >= 11 is 1.27. The van der Waals surface area contributed by atoms with Crippen LogP contribution in [-0.2, 0) is 9.59 Å². The van der Waals surface area contributed by atoms with Crippen LogP contribution in [0.1, 0.15) is 47.0 Å². The molecule has 0 saturated carbocycles. The van der Waals surface area contributed by atoms with Gasteiger partial charge in [-0.3, -0.25) is 15.0 Å². The number of amides is 1. The lowest BCUT2D eigenvalue weighted by atomic mass is 10.2. The number of carbonyl (C=O) groups is 2. The molecular weight excluding hydrogens is 302 g/mol. The van der Waals surface area contributed by atoms with Gasteiger partial charge in [-0.05, 0) is 31.9 Å². The highest BCUT2D eigenvalue weighted by molar-refractivity contribution is 8.00. The second kappa shape index (κ2) is 11.3. The van der Waals surface area contributed by atoms with E-state index < -0.39 is 11.2 Å². The number of carboxylic acids is 1. The molecule has 0 aliphatic carbocycles. The van der Waals surface area contributed by atoms with Crippen LogP contribution in [0, 0.1) is 11.3 Å². The molecule has 0 heterocycles. The molecule has 0 fully saturated rings. The van der Waals surface area contributed by atoms with E-state index in [1.165, 1.54) is 11.8 Å². The van der Waals surface area contributed by atoms with Crippen molar-refractivity contribution in [2.75, 3.05) is 12.3 Å². The van der Waals surface area contributed by atoms with Crippen molar-refractivity contribution in [3.8, 4) is 0 Å². The quantitative estimate of drug-likeness (QED) is 0.264. The first kappa shape index (κ1) is 20.8. The highest BCUT2D eigenvalue weighted by Gasteiger charge is 2.21. The molecule has 128 valence electrons. The normalized spacial score (nSPS) is 12.3. The molecule has 0 aliphatic rings. The fourth-order valence-corrected chi connectivity index (χ4v) is 2.68. The molecule has 0 saturated heterocycles. The average Bonchev–Trinajstić information content (AvgIpc) is 2.38. The van der Waals surface area contributed by atoms with Crippen LogP contribution in [0.2, 0.25) is 0 Å². The smallest absolute Gasteiger partial charge is 0.317 e. The van der Waals surface area contributed by atoms with E-state index in [2.05, 4.69) is 10.6 Å². The largest absolute Gasteiger partial charge is 0.480 e. The van der Waals surface area contributed by atoms with Crippen molar-refractivity contribution in [2.24, 2.45) is 5.92 Å². The number of carboxylic acid groups (broad SMARTS) is 1. The average molecular weight is 331 g/mol.